The van der Waals surface area contributed by atoms with Crippen LogP contribution in [0.25, 0.3) is 0 Å². The maximum Gasteiger partial charge on any atom is 0.262 e. The van der Waals surface area contributed by atoms with E-state index in [9.17, 15) is 17.2 Å². The molecule has 0 aliphatic rings. The first-order valence-corrected chi connectivity index (χ1v) is 7.17. The molecule has 0 atom stereocenters. The number of hydrogen-bond donors (Lipinski definition) is 2. The Labute approximate surface area is 115 Å². The van der Waals surface area contributed by atoms with Crippen LogP contribution in [-0.2, 0) is 16.6 Å². The highest BCUT2D eigenvalue weighted by Gasteiger charge is 2.18. The fourth-order valence-electron chi connectivity index (χ4n) is 1.76. The van der Waals surface area contributed by atoms with E-state index in [-0.39, 0.29) is 17.1 Å². The van der Waals surface area contributed by atoms with Crippen LogP contribution in [0.2, 0.25) is 0 Å². The lowest BCUT2D eigenvalue weighted by Crippen LogP contribution is -2.16. The highest BCUT2D eigenvalue weighted by atomic mass is 32.2. The monoisotopic (exact) mass is 298 g/mol. The molecular formula is C13H12F2N2O2S. The van der Waals surface area contributed by atoms with Crippen LogP contribution >= 0.6 is 0 Å². The summed E-state index contributed by atoms with van der Waals surface area (Å²) in [6.07, 6.45) is 0. The molecule has 20 heavy (non-hydrogen) atoms. The summed E-state index contributed by atoms with van der Waals surface area (Å²) in [6, 6.07) is 8.59. The number of sulfonamides is 1. The van der Waals surface area contributed by atoms with Gasteiger partial charge in [0.25, 0.3) is 10.0 Å². The highest BCUT2D eigenvalue weighted by Crippen LogP contribution is 2.20. The van der Waals surface area contributed by atoms with Gasteiger partial charge in [0, 0.05) is 12.6 Å². The maximum atomic E-state index is 13.1. The third-order valence-electron chi connectivity index (χ3n) is 2.60. The van der Waals surface area contributed by atoms with Crippen molar-refractivity contribution in [3.63, 3.8) is 0 Å². The molecule has 0 aliphatic carbocycles. The van der Waals surface area contributed by atoms with E-state index in [0.717, 1.165) is 12.1 Å². The first-order valence-electron chi connectivity index (χ1n) is 5.69. The second kappa shape index (κ2) is 5.56. The summed E-state index contributed by atoms with van der Waals surface area (Å²) in [5.74, 6) is -1.73. The van der Waals surface area contributed by atoms with Crippen molar-refractivity contribution in [3.8, 4) is 0 Å². The van der Waals surface area contributed by atoms with Crippen LogP contribution in [-0.4, -0.2) is 8.42 Å². The fraction of sp³-hybridized carbons (Fsp3) is 0.0769. The Balaban J connectivity index is 2.41. The maximum absolute atomic E-state index is 13.1. The number of nitrogens with one attached hydrogen (secondary N) is 1. The predicted molar refractivity (Wildman–Crippen MR) is 71.5 cm³/mol. The molecule has 0 amide bonds. The molecule has 0 fully saturated rings. The van der Waals surface area contributed by atoms with Crippen molar-refractivity contribution >= 4 is 15.7 Å². The van der Waals surface area contributed by atoms with Gasteiger partial charge < -0.3 is 5.73 Å². The SMILES string of the molecule is NCc1ccccc1S(=O)(=O)Nc1cc(F)cc(F)c1. The lowest BCUT2D eigenvalue weighted by molar-refractivity contribution is 0.584. The van der Waals surface area contributed by atoms with Gasteiger partial charge in [0.2, 0.25) is 0 Å². The van der Waals surface area contributed by atoms with Gasteiger partial charge in [0.1, 0.15) is 11.6 Å². The largest absolute Gasteiger partial charge is 0.326 e. The third-order valence-corrected chi connectivity index (χ3v) is 4.08. The molecular weight excluding hydrogens is 286 g/mol. The number of nitrogens with two attached hydrogens (primary N) is 1. The van der Waals surface area contributed by atoms with E-state index in [4.69, 9.17) is 5.73 Å². The van der Waals surface area contributed by atoms with Crippen molar-refractivity contribution in [1.29, 1.82) is 0 Å². The zero-order valence-corrected chi connectivity index (χ0v) is 11.1. The molecule has 2 aromatic carbocycles. The van der Waals surface area contributed by atoms with Crippen LogP contribution < -0.4 is 10.5 Å². The van der Waals surface area contributed by atoms with Crippen molar-refractivity contribution < 1.29 is 17.2 Å². The summed E-state index contributed by atoms with van der Waals surface area (Å²) >= 11 is 0. The van der Waals surface area contributed by atoms with Crippen molar-refractivity contribution in [1.82, 2.24) is 0 Å². The van der Waals surface area contributed by atoms with Crippen LogP contribution in [0.5, 0.6) is 0 Å². The molecule has 0 bridgehead atoms. The van der Waals surface area contributed by atoms with Gasteiger partial charge in [-0.05, 0) is 23.8 Å². The number of benzene rings is 2. The van der Waals surface area contributed by atoms with Crippen molar-refractivity contribution in [3.05, 3.63) is 59.7 Å². The molecule has 0 spiro atoms. The van der Waals surface area contributed by atoms with E-state index >= 15 is 0 Å². The van der Waals surface area contributed by atoms with Crippen molar-refractivity contribution in [2.45, 2.75) is 11.4 Å². The minimum Gasteiger partial charge on any atom is -0.326 e. The Bertz CT molecular complexity index is 713. The first-order chi connectivity index (χ1) is 9.42. The van der Waals surface area contributed by atoms with E-state index < -0.39 is 21.7 Å². The van der Waals surface area contributed by atoms with E-state index in [0.29, 0.717) is 11.6 Å². The lowest BCUT2D eigenvalue weighted by atomic mass is 10.2. The van der Waals surface area contributed by atoms with Gasteiger partial charge in [-0.1, -0.05) is 18.2 Å². The molecule has 0 saturated heterocycles. The molecule has 7 heteroatoms. The Kier molecular flexibility index (Phi) is 4.01. The second-order valence-corrected chi connectivity index (χ2v) is 5.73. The average molecular weight is 298 g/mol. The molecule has 0 radical (unpaired) electrons. The number of rotatable bonds is 4. The lowest BCUT2D eigenvalue weighted by Gasteiger charge is -2.11. The van der Waals surface area contributed by atoms with E-state index in [1.165, 1.54) is 6.07 Å². The van der Waals surface area contributed by atoms with Gasteiger partial charge >= 0.3 is 0 Å². The van der Waals surface area contributed by atoms with E-state index in [2.05, 4.69) is 4.72 Å². The molecule has 0 heterocycles. The smallest absolute Gasteiger partial charge is 0.262 e. The summed E-state index contributed by atoms with van der Waals surface area (Å²) in [5, 5.41) is 0. The van der Waals surface area contributed by atoms with Gasteiger partial charge in [0.15, 0.2) is 0 Å². The average Bonchev–Trinajstić information content (AvgIpc) is 2.36. The number of hydrogen-bond acceptors (Lipinski definition) is 3. The molecule has 0 aromatic heterocycles. The summed E-state index contributed by atoms with van der Waals surface area (Å²) in [4.78, 5) is -0.0211. The van der Waals surface area contributed by atoms with E-state index in [1.54, 1.807) is 18.2 Å². The molecule has 0 unspecified atom stereocenters. The van der Waals surface area contributed by atoms with Crippen LogP contribution in [0, 0.1) is 11.6 Å². The normalized spacial score (nSPS) is 11.3. The molecule has 0 aliphatic heterocycles. The van der Waals surface area contributed by atoms with Gasteiger partial charge in [-0.25, -0.2) is 17.2 Å². The first kappa shape index (κ1) is 14.4. The minimum absolute atomic E-state index is 0.0211. The second-order valence-electron chi connectivity index (χ2n) is 4.08. The summed E-state index contributed by atoms with van der Waals surface area (Å²) in [5.41, 5.74) is 5.70. The molecule has 3 N–H and O–H groups in total. The minimum atomic E-state index is -3.95. The standard InChI is InChI=1S/C13H12F2N2O2S/c14-10-5-11(15)7-12(6-10)17-20(18,19)13-4-2-1-3-9(13)8-16/h1-7,17H,8,16H2. The van der Waals surface area contributed by atoms with Crippen LogP contribution in [0.4, 0.5) is 14.5 Å². The van der Waals surface area contributed by atoms with Gasteiger partial charge in [-0.2, -0.15) is 0 Å². The van der Waals surface area contributed by atoms with Crippen molar-refractivity contribution in [2.75, 3.05) is 4.72 Å². The Hall–Kier alpha value is -1.99. The van der Waals surface area contributed by atoms with Crippen LogP contribution in [0.3, 0.4) is 0 Å². The van der Waals surface area contributed by atoms with Crippen LogP contribution in [0.1, 0.15) is 5.56 Å². The Morgan fingerprint density at radius 2 is 1.65 bits per heavy atom. The summed E-state index contributed by atoms with van der Waals surface area (Å²) in [6.45, 7) is 0.0363. The molecule has 2 rings (SSSR count). The molecule has 4 nitrogen and oxygen atoms in total. The highest BCUT2D eigenvalue weighted by molar-refractivity contribution is 7.92. The zero-order valence-electron chi connectivity index (χ0n) is 10.3. The van der Waals surface area contributed by atoms with E-state index in [1.807, 2.05) is 0 Å². The van der Waals surface area contributed by atoms with Gasteiger partial charge in [0.05, 0.1) is 10.6 Å². The van der Waals surface area contributed by atoms with Crippen molar-refractivity contribution in [2.24, 2.45) is 5.73 Å². The zero-order chi connectivity index (χ0) is 14.8. The quantitative estimate of drug-likeness (QED) is 0.909. The predicted octanol–water partition coefficient (Wildman–Crippen LogP) is 2.22. The topological polar surface area (TPSA) is 72.2 Å². The van der Waals surface area contributed by atoms with Gasteiger partial charge in [-0.3, -0.25) is 4.72 Å². The third kappa shape index (κ3) is 3.12. The Morgan fingerprint density at radius 1 is 1.05 bits per heavy atom. The molecule has 0 saturated carbocycles. The molecule has 2 aromatic rings. The number of halogens is 2. The summed E-state index contributed by atoms with van der Waals surface area (Å²) < 4.78 is 52.6. The van der Waals surface area contributed by atoms with Gasteiger partial charge in [-0.15, -0.1) is 0 Å². The number of anilines is 1. The summed E-state index contributed by atoms with van der Waals surface area (Å²) in [7, 11) is -3.95. The van der Waals surface area contributed by atoms with Crippen LogP contribution in [0.15, 0.2) is 47.4 Å². The Morgan fingerprint density at radius 3 is 2.25 bits per heavy atom. The fourth-order valence-corrected chi connectivity index (χ4v) is 3.05. The molecule has 106 valence electrons.